The van der Waals surface area contributed by atoms with Crippen LogP contribution in [0.4, 0.5) is 10.5 Å². The Balaban J connectivity index is 2.01. The number of carbonyl (C=O) groups excluding carboxylic acids is 1. The zero-order valence-electron chi connectivity index (χ0n) is 12.1. The summed E-state index contributed by atoms with van der Waals surface area (Å²) in [5, 5.41) is 10.6. The predicted octanol–water partition coefficient (Wildman–Crippen LogP) is 3.62. The number of nitro groups is 1. The standard InChI is InChI=1S/C16H16N2O4/c1-2-17(12-13-6-4-3-5-7-13)16(19)22-15-10-8-14(9-11-15)18(20)21/h3-11H,2,12H2,1H3. The molecule has 22 heavy (non-hydrogen) atoms. The average Bonchev–Trinajstić information content (AvgIpc) is 2.54. The summed E-state index contributed by atoms with van der Waals surface area (Å²) < 4.78 is 5.24. The van der Waals surface area contributed by atoms with Gasteiger partial charge in [0.1, 0.15) is 5.75 Å². The largest absolute Gasteiger partial charge is 0.415 e. The second-order valence-corrected chi connectivity index (χ2v) is 4.62. The molecule has 0 aliphatic rings. The SMILES string of the molecule is CCN(Cc1ccccc1)C(=O)Oc1ccc([N+](=O)[O-])cc1. The lowest BCUT2D eigenvalue weighted by Crippen LogP contribution is -2.32. The second-order valence-electron chi connectivity index (χ2n) is 4.62. The van der Waals surface area contributed by atoms with Crippen molar-refractivity contribution in [2.45, 2.75) is 13.5 Å². The van der Waals surface area contributed by atoms with Crippen molar-refractivity contribution in [1.82, 2.24) is 4.90 Å². The van der Waals surface area contributed by atoms with E-state index >= 15 is 0 Å². The topological polar surface area (TPSA) is 72.7 Å². The third-order valence-electron chi connectivity index (χ3n) is 3.11. The number of nitro benzene ring substituents is 1. The first kappa shape index (κ1) is 15.5. The fraction of sp³-hybridized carbons (Fsp3) is 0.188. The highest BCUT2D eigenvalue weighted by Crippen LogP contribution is 2.18. The third kappa shape index (κ3) is 4.05. The van der Waals surface area contributed by atoms with Gasteiger partial charge >= 0.3 is 6.09 Å². The number of nitrogens with zero attached hydrogens (tertiary/aromatic N) is 2. The van der Waals surface area contributed by atoms with Crippen LogP contribution in [-0.4, -0.2) is 22.5 Å². The predicted molar refractivity (Wildman–Crippen MR) is 81.6 cm³/mol. The molecule has 0 unspecified atom stereocenters. The van der Waals surface area contributed by atoms with Gasteiger partial charge in [-0.25, -0.2) is 4.79 Å². The van der Waals surface area contributed by atoms with Crippen LogP contribution in [-0.2, 0) is 6.54 Å². The number of non-ortho nitro benzene ring substituents is 1. The summed E-state index contributed by atoms with van der Waals surface area (Å²) in [5.74, 6) is 0.280. The van der Waals surface area contributed by atoms with Crippen molar-refractivity contribution in [2.24, 2.45) is 0 Å². The van der Waals surface area contributed by atoms with Crippen LogP contribution in [0.3, 0.4) is 0 Å². The minimum absolute atomic E-state index is 0.0450. The minimum Gasteiger partial charge on any atom is -0.410 e. The molecular formula is C16H16N2O4. The van der Waals surface area contributed by atoms with E-state index in [0.29, 0.717) is 13.1 Å². The van der Waals surface area contributed by atoms with E-state index in [1.807, 2.05) is 37.3 Å². The molecule has 0 fully saturated rings. The zero-order valence-corrected chi connectivity index (χ0v) is 12.1. The first-order valence-corrected chi connectivity index (χ1v) is 6.85. The van der Waals surface area contributed by atoms with Crippen LogP contribution < -0.4 is 4.74 Å². The van der Waals surface area contributed by atoms with Crippen LogP contribution in [0.1, 0.15) is 12.5 Å². The summed E-state index contributed by atoms with van der Waals surface area (Å²) in [4.78, 5) is 23.8. The summed E-state index contributed by atoms with van der Waals surface area (Å²) in [6.07, 6.45) is -0.486. The van der Waals surface area contributed by atoms with E-state index in [4.69, 9.17) is 4.74 Å². The molecule has 0 spiro atoms. The number of amides is 1. The van der Waals surface area contributed by atoms with E-state index < -0.39 is 11.0 Å². The van der Waals surface area contributed by atoms with Gasteiger partial charge in [-0.15, -0.1) is 0 Å². The summed E-state index contributed by atoms with van der Waals surface area (Å²) >= 11 is 0. The van der Waals surface area contributed by atoms with Gasteiger partial charge in [0.15, 0.2) is 0 Å². The molecule has 6 nitrogen and oxygen atoms in total. The van der Waals surface area contributed by atoms with Crippen LogP contribution in [0.25, 0.3) is 0 Å². The smallest absolute Gasteiger partial charge is 0.410 e. The second kappa shape index (κ2) is 7.21. The van der Waals surface area contributed by atoms with Gasteiger partial charge in [-0.2, -0.15) is 0 Å². The zero-order chi connectivity index (χ0) is 15.9. The summed E-state index contributed by atoms with van der Waals surface area (Å²) in [6, 6.07) is 15.0. The van der Waals surface area contributed by atoms with E-state index in [0.717, 1.165) is 5.56 Å². The van der Waals surface area contributed by atoms with Gasteiger partial charge in [0, 0.05) is 25.2 Å². The van der Waals surface area contributed by atoms with Crippen LogP contribution in [0.15, 0.2) is 54.6 Å². The monoisotopic (exact) mass is 300 g/mol. The Kier molecular flexibility index (Phi) is 5.08. The molecule has 0 saturated heterocycles. The fourth-order valence-corrected chi connectivity index (χ4v) is 1.91. The number of hydrogen-bond acceptors (Lipinski definition) is 4. The first-order valence-electron chi connectivity index (χ1n) is 6.85. The van der Waals surface area contributed by atoms with Gasteiger partial charge in [-0.3, -0.25) is 10.1 Å². The molecule has 0 aromatic heterocycles. The first-order chi connectivity index (χ1) is 10.6. The summed E-state index contributed by atoms with van der Waals surface area (Å²) in [5.41, 5.74) is 0.960. The Labute approximate surface area is 128 Å². The minimum atomic E-state index is -0.501. The quantitative estimate of drug-likeness (QED) is 0.624. The number of carbonyl (C=O) groups is 1. The van der Waals surface area contributed by atoms with Crippen molar-refractivity contribution in [3.05, 3.63) is 70.3 Å². The van der Waals surface area contributed by atoms with E-state index in [1.54, 1.807) is 4.90 Å². The van der Waals surface area contributed by atoms with Crippen molar-refractivity contribution < 1.29 is 14.5 Å². The van der Waals surface area contributed by atoms with Crippen molar-refractivity contribution in [3.63, 3.8) is 0 Å². The number of benzene rings is 2. The molecule has 1 amide bonds. The highest BCUT2D eigenvalue weighted by molar-refractivity contribution is 5.70. The van der Waals surface area contributed by atoms with Crippen molar-refractivity contribution in [3.8, 4) is 5.75 Å². The molecular weight excluding hydrogens is 284 g/mol. The molecule has 2 rings (SSSR count). The van der Waals surface area contributed by atoms with E-state index in [2.05, 4.69) is 0 Å². The highest BCUT2D eigenvalue weighted by Gasteiger charge is 2.15. The maximum atomic E-state index is 12.1. The molecule has 6 heteroatoms. The number of ether oxygens (including phenoxy) is 1. The van der Waals surface area contributed by atoms with Gasteiger partial charge in [0.2, 0.25) is 0 Å². The fourth-order valence-electron chi connectivity index (χ4n) is 1.91. The molecule has 2 aromatic rings. The maximum Gasteiger partial charge on any atom is 0.415 e. The molecule has 0 radical (unpaired) electrons. The lowest BCUT2D eigenvalue weighted by Gasteiger charge is -2.20. The molecule has 0 saturated carbocycles. The third-order valence-corrected chi connectivity index (χ3v) is 3.11. The Morgan fingerprint density at radius 1 is 1.14 bits per heavy atom. The summed E-state index contributed by atoms with van der Waals surface area (Å²) in [7, 11) is 0. The van der Waals surface area contributed by atoms with Crippen molar-refractivity contribution >= 4 is 11.8 Å². The van der Waals surface area contributed by atoms with E-state index in [9.17, 15) is 14.9 Å². The molecule has 0 atom stereocenters. The van der Waals surface area contributed by atoms with Gasteiger partial charge in [0.25, 0.3) is 5.69 Å². The van der Waals surface area contributed by atoms with Gasteiger partial charge in [-0.05, 0) is 24.6 Å². The van der Waals surface area contributed by atoms with Crippen molar-refractivity contribution in [1.29, 1.82) is 0 Å². The molecule has 0 aliphatic carbocycles. The van der Waals surface area contributed by atoms with Gasteiger partial charge in [-0.1, -0.05) is 30.3 Å². The molecule has 114 valence electrons. The maximum absolute atomic E-state index is 12.1. The summed E-state index contributed by atoms with van der Waals surface area (Å²) in [6.45, 7) is 2.81. The Morgan fingerprint density at radius 3 is 2.32 bits per heavy atom. The molecule has 0 aliphatic heterocycles. The lowest BCUT2D eigenvalue weighted by atomic mass is 10.2. The average molecular weight is 300 g/mol. The lowest BCUT2D eigenvalue weighted by molar-refractivity contribution is -0.384. The molecule has 0 heterocycles. The number of hydrogen-bond donors (Lipinski definition) is 0. The van der Waals surface area contributed by atoms with Crippen LogP contribution in [0.5, 0.6) is 5.75 Å². The van der Waals surface area contributed by atoms with E-state index in [-0.39, 0.29) is 11.4 Å². The molecule has 2 aromatic carbocycles. The number of rotatable bonds is 5. The highest BCUT2D eigenvalue weighted by atomic mass is 16.6. The van der Waals surface area contributed by atoms with Crippen LogP contribution >= 0.6 is 0 Å². The van der Waals surface area contributed by atoms with Gasteiger partial charge < -0.3 is 9.64 Å². The molecule has 0 bridgehead atoms. The van der Waals surface area contributed by atoms with Crippen molar-refractivity contribution in [2.75, 3.05) is 6.54 Å². The Hall–Kier alpha value is -2.89. The van der Waals surface area contributed by atoms with E-state index in [1.165, 1.54) is 24.3 Å². The Morgan fingerprint density at radius 2 is 1.77 bits per heavy atom. The Bertz CT molecular complexity index is 641. The van der Waals surface area contributed by atoms with Gasteiger partial charge in [0.05, 0.1) is 4.92 Å². The van der Waals surface area contributed by atoms with Crippen LogP contribution in [0, 0.1) is 10.1 Å². The normalized spacial score (nSPS) is 10.0. The molecule has 0 N–H and O–H groups in total. The van der Waals surface area contributed by atoms with Crippen LogP contribution in [0.2, 0.25) is 0 Å².